The largest absolute Gasteiger partial charge is 0.385 e. The number of benzene rings is 1. The van der Waals surface area contributed by atoms with Crippen LogP contribution in [-0.2, 0) is 0 Å². The average molecular weight is 350 g/mol. The Balaban J connectivity index is 2.02. The van der Waals surface area contributed by atoms with Crippen molar-refractivity contribution in [1.82, 2.24) is 15.0 Å². The first-order valence-electron chi connectivity index (χ1n) is 6.94. The maximum Gasteiger partial charge on any atom is 0.178 e. The van der Waals surface area contributed by atoms with E-state index in [-0.39, 0.29) is 16.5 Å². The van der Waals surface area contributed by atoms with E-state index < -0.39 is 11.9 Å². The molecule has 0 spiro atoms. The summed E-state index contributed by atoms with van der Waals surface area (Å²) >= 11 is 5.70. The van der Waals surface area contributed by atoms with Crippen LogP contribution >= 0.6 is 11.6 Å². The number of H-pyrrole nitrogens is 1. The molecule has 0 aliphatic carbocycles. The first-order chi connectivity index (χ1) is 11.4. The van der Waals surface area contributed by atoms with E-state index in [0.29, 0.717) is 27.6 Å². The molecule has 4 N–H and O–H groups in total. The fourth-order valence-corrected chi connectivity index (χ4v) is 2.36. The van der Waals surface area contributed by atoms with Gasteiger partial charge in [-0.2, -0.15) is 0 Å². The van der Waals surface area contributed by atoms with Crippen LogP contribution in [-0.4, -0.2) is 31.1 Å². The molecule has 3 aromatic rings. The minimum atomic E-state index is -0.831. The number of amidine groups is 1. The minimum Gasteiger partial charge on any atom is -0.385 e. The van der Waals surface area contributed by atoms with Crippen molar-refractivity contribution in [3.63, 3.8) is 0 Å². The highest BCUT2D eigenvalue weighted by molar-refractivity contribution is 6.31. The number of imidazole rings is 1. The van der Waals surface area contributed by atoms with E-state index in [9.17, 15) is 14.7 Å². The second-order valence-corrected chi connectivity index (χ2v) is 5.52. The topological polar surface area (TPSA) is 109 Å². The zero-order valence-corrected chi connectivity index (χ0v) is 13.2. The summed E-state index contributed by atoms with van der Waals surface area (Å²) in [5.74, 6) is -0.611. The lowest BCUT2D eigenvalue weighted by atomic mass is 10.2. The molecule has 0 saturated heterocycles. The van der Waals surface area contributed by atoms with Crippen molar-refractivity contribution in [2.45, 2.75) is 13.0 Å². The van der Waals surface area contributed by atoms with Gasteiger partial charge in [-0.15, -0.1) is 0 Å². The van der Waals surface area contributed by atoms with Crippen LogP contribution in [0.5, 0.6) is 0 Å². The molecule has 9 heteroatoms. The second kappa shape index (κ2) is 6.16. The summed E-state index contributed by atoms with van der Waals surface area (Å²) in [6.45, 7) is 1.54. The average Bonchev–Trinajstić information content (AvgIpc) is 3.00. The van der Waals surface area contributed by atoms with Crippen molar-refractivity contribution < 1.29 is 14.7 Å². The third kappa shape index (κ3) is 2.82. The quantitative estimate of drug-likeness (QED) is 0.330. The lowest BCUT2D eigenvalue weighted by Gasteiger charge is -2.18. The molecule has 124 valence electrons. The molecule has 1 unspecified atom stereocenters. The van der Waals surface area contributed by atoms with Crippen LogP contribution in [0.1, 0.15) is 24.4 Å². The van der Waals surface area contributed by atoms with E-state index in [1.165, 1.54) is 24.4 Å². The Morgan fingerprint density at radius 1 is 1.42 bits per heavy atom. The molecule has 24 heavy (non-hydrogen) atoms. The monoisotopic (exact) mass is 349 g/mol. The summed E-state index contributed by atoms with van der Waals surface area (Å²) in [5, 5.41) is 28.5. The van der Waals surface area contributed by atoms with Crippen LogP contribution < -0.4 is 5.06 Å². The van der Waals surface area contributed by atoms with E-state index in [1.807, 2.05) is 0 Å². The van der Waals surface area contributed by atoms with E-state index in [1.54, 1.807) is 6.92 Å². The van der Waals surface area contributed by atoms with Gasteiger partial charge < -0.3 is 10.1 Å². The Hall–Kier alpha value is -2.55. The molecular weight excluding hydrogens is 337 g/mol. The molecule has 7 nitrogen and oxygen atoms in total. The Morgan fingerprint density at radius 3 is 2.83 bits per heavy atom. The molecule has 1 aromatic carbocycles. The lowest BCUT2D eigenvalue weighted by Crippen LogP contribution is -2.27. The first kappa shape index (κ1) is 16.3. The highest BCUT2D eigenvalue weighted by atomic mass is 35.5. The fraction of sp³-hybridized carbons (Fsp3) is 0.133. The highest BCUT2D eigenvalue weighted by Gasteiger charge is 2.19. The van der Waals surface area contributed by atoms with Crippen molar-refractivity contribution in [2.24, 2.45) is 0 Å². The molecule has 2 aromatic heterocycles. The number of rotatable bonds is 3. The maximum absolute atomic E-state index is 13.2. The van der Waals surface area contributed by atoms with Gasteiger partial charge in [-0.05, 0) is 31.2 Å². The molecule has 0 radical (unpaired) electrons. The number of halogens is 2. The number of hydrogen-bond acceptors (Lipinski definition) is 5. The summed E-state index contributed by atoms with van der Waals surface area (Å²) in [5.41, 5.74) is 1.14. The van der Waals surface area contributed by atoms with Gasteiger partial charge in [-0.1, -0.05) is 11.6 Å². The fourth-order valence-electron chi connectivity index (χ4n) is 2.18. The summed E-state index contributed by atoms with van der Waals surface area (Å²) in [6.07, 6.45) is 0.604. The Labute approximate surface area is 140 Å². The van der Waals surface area contributed by atoms with Gasteiger partial charge in [0.2, 0.25) is 0 Å². The number of hydrogen-bond donors (Lipinski definition) is 4. The smallest absolute Gasteiger partial charge is 0.178 e. The molecule has 0 aliphatic rings. The number of hydroxylamine groups is 1. The number of aliphatic hydroxyl groups excluding tert-OH is 1. The van der Waals surface area contributed by atoms with Gasteiger partial charge in [-0.25, -0.2) is 19.4 Å². The summed E-state index contributed by atoms with van der Waals surface area (Å²) in [7, 11) is 0. The molecule has 1 atom stereocenters. The minimum absolute atomic E-state index is 0.131. The predicted molar refractivity (Wildman–Crippen MR) is 87.0 cm³/mol. The number of aliphatic hydroxyl groups is 1. The molecule has 2 heterocycles. The number of anilines is 1. The number of nitrogens with one attached hydrogen (secondary N) is 2. The number of fused-ring (bicyclic) bond motifs is 1. The van der Waals surface area contributed by atoms with Crippen LogP contribution in [0.25, 0.3) is 11.2 Å². The summed E-state index contributed by atoms with van der Waals surface area (Å²) < 4.78 is 13.2. The van der Waals surface area contributed by atoms with Crippen molar-refractivity contribution in [2.75, 3.05) is 5.06 Å². The van der Waals surface area contributed by atoms with E-state index in [4.69, 9.17) is 17.0 Å². The number of aromatic amines is 1. The van der Waals surface area contributed by atoms with Crippen molar-refractivity contribution in [1.29, 1.82) is 5.41 Å². The second-order valence-electron chi connectivity index (χ2n) is 5.11. The Kier molecular flexibility index (Phi) is 4.18. The van der Waals surface area contributed by atoms with Gasteiger partial charge in [-0.3, -0.25) is 10.6 Å². The van der Waals surface area contributed by atoms with Crippen molar-refractivity contribution in [3.05, 3.63) is 52.7 Å². The normalized spacial score (nSPS) is 12.4. The van der Waals surface area contributed by atoms with Gasteiger partial charge in [0, 0.05) is 11.8 Å². The zero-order chi connectivity index (χ0) is 17.4. The third-order valence-electron chi connectivity index (χ3n) is 3.42. The number of aromatic nitrogens is 3. The van der Waals surface area contributed by atoms with Gasteiger partial charge >= 0.3 is 0 Å². The van der Waals surface area contributed by atoms with Gasteiger partial charge in [0.05, 0.1) is 16.2 Å². The molecule has 3 rings (SSSR count). The summed E-state index contributed by atoms with van der Waals surface area (Å²) in [4.78, 5) is 11.1. The van der Waals surface area contributed by atoms with Crippen LogP contribution in [0.15, 0.2) is 30.5 Å². The van der Waals surface area contributed by atoms with E-state index >= 15 is 0 Å². The SMILES string of the molecule is CC(O)c1nc2nccc(C(=N)N(O)c3ccc(F)c(Cl)c3)c2[nH]1. The highest BCUT2D eigenvalue weighted by Crippen LogP contribution is 2.25. The molecule has 0 fully saturated rings. The van der Waals surface area contributed by atoms with Gasteiger partial charge in [0.25, 0.3) is 0 Å². The first-order valence-corrected chi connectivity index (χ1v) is 7.32. The van der Waals surface area contributed by atoms with Crippen LogP contribution in [0, 0.1) is 11.2 Å². The lowest BCUT2D eigenvalue weighted by molar-refractivity contribution is 0.190. The van der Waals surface area contributed by atoms with Crippen LogP contribution in [0.3, 0.4) is 0 Å². The Morgan fingerprint density at radius 2 is 2.17 bits per heavy atom. The third-order valence-corrected chi connectivity index (χ3v) is 3.71. The zero-order valence-electron chi connectivity index (χ0n) is 12.5. The predicted octanol–water partition coefficient (Wildman–Crippen LogP) is 3.02. The molecule has 0 saturated carbocycles. The Bertz CT molecular complexity index is 927. The van der Waals surface area contributed by atoms with Crippen molar-refractivity contribution >= 4 is 34.3 Å². The molecular formula is C15H13ClFN5O2. The van der Waals surface area contributed by atoms with Crippen LogP contribution in [0.2, 0.25) is 5.02 Å². The summed E-state index contributed by atoms with van der Waals surface area (Å²) in [6, 6.07) is 5.11. The van der Waals surface area contributed by atoms with Gasteiger partial charge in [0.15, 0.2) is 11.5 Å². The van der Waals surface area contributed by atoms with Crippen molar-refractivity contribution in [3.8, 4) is 0 Å². The van der Waals surface area contributed by atoms with Gasteiger partial charge in [0.1, 0.15) is 17.7 Å². The standard InChI is InChI=1S/C15H13ClFN5O2/c1-7(23)14-20-12-9(4-5-19-15(12)21-14)13(18)22(24)8-2-3-11(17)10(16)6-8/h2-7,18,23-24H,1H3,(H,19,20,21). The van der Waals surface area contributed by atoms with E-state index in [2.05, 4.69) is 15.0 Å². The van der Waals surface area contributed by atoms with Crippen LogP contribution in [0.4, 0.5) is 10.1 Å². The molecule has 0 bridgehead atoms. The van der Waals surface area contributed by atoms with E-state index in [0.717, 1.165) is 6.07 Å². The maximum atomic E-state index is 13.2. The number of nitrogens with zero attached hydrogens (tertiary/aromatic N) is 3. The molecule has 0 aliphatic heterocycles. The molecule has 0 amide bonds. The number of pyridine rings is 1.